The third-order valence-corrected chi connectivity index (χ3v) is 5.84. The quantitative estimate of drug-likeness (QED) is 0.752. The number of likely N-dealkylation sites (tertiary alicyclic amines) is 1. The molecule has 1 unspecified atom stereocenters. The first-order valence-electron chi connectivity index (χ1n) is 9.58. The summed E-state index contributed by atoms with van der Waals surface area (Å²) in [5.74, 6) is -0.268. The van der Waals surface area contributed by atoms with Crippen molar-refractivity contribution in [3.63, 3.8) is 0 Å². The number of benzene rings is 2. The van der Waals surface area contributed by atoms with Crippen LogP contribution in [-0.2, 0) is 9.53 Å². The predicted octanol–water partition coefficient (Wildman–Crippen LogP) is 2.98. The van der Waals surface area contributed by atoms with Gasteiger partial charge in [-0.2, -0.15) is 0 Å². The molecule has 3 aliphatic heterocycles. The summed E-state index contributed by atoms with van der Waals surface area (Å²) in [5, 5.41) is 1.83. The second-order valence-electron chi connectivity index (χ2n) is 7.85. The highest BCUT2D eigenvalue weighted by Gasteiger charge is 2.63. The van der Waals surface area contributed by atoms with E-state index in [-0.39, 0.29) is 30.1 Å². The molecule has 2 aromatic rings. The number of anilines is 1. The molecular formula is C21H21N3O4. The number of imide groups is 1. The number of hydrogen-bond acceptors (Lipinski definition) is 4. The van der Waals surface area contributed by atoms with Crippen molar-refractivity contribution in [1.82, 2.24) is 9.80 Å². The average Bonchev–Trinajstić information content (AvgIpc) is 3.33. The summed E-state index contributed by atoms with van der Waals surface area (Å²) in [4.78, 5) is 43.5. The van der Waals surface area contributed by atoms with Crippen molar-refractivity contribution in [3.05, 3.63) is 42.5 Å². The van der Waals surface area contributed by atoms with Crippen LogP contribution in [0, 0.1) is 0 Å². The van der Waals surface area contributed by atoms with Gasteiger partial charge in [-0.15, -0.1) is 0 Å². The second-order valence-corrected chi connectivity index (χ2v) is 7.85. The molecule has 28 heavy (non-hydrogen) atoms. The van der Waals surface area contributed by atoms with E-state index in [0.29, 0.717) is 18.7 Å². The van der Waals surface area contributed by atoms with Gasteiger partial charge in [0.2, 0.25) is 0 Å². The molecule has 0 N–H and O–H groups in total. The highest BCUT2D eigenvalue weighted by atomic mass is 16.6. The third kappa shape index (κ3) is 2.25. The summed E-state index contributed by atoms with van der Waals surface area (Å²) >= 11 is 0. The van der Waals surface area contributed by atoms with Crippen molar-refractivity contribution in [2.24, 2.45) is 0 Å². The zero-order valence-corrected chi connectivity index (χ0v) is 15.7. The summed E-state index contributed by atoms with van der Waals surface area (Å²) in [6.07, 6.45) is -0.0135. The molecule has 0 radical (unpaired) electrons. The first-order valence-corrected chi connectivity index (χ1v) is 9.58. The van der Waals surface area contributed by atoms with Crippen molar-refractivity contribution in [2.75, 3.05) is 11.4 Å². The topological polar surface area (TPSA) is 70.2 Å². The van der Waals surface area contributed by atoms with Gasteiger partial charge in [-0.05, 0) is 31.7 Å². The Labute approximate surface area is 162 Å². The smallest absolute Gasteiger partial charge is 0.410 e. The molecule has 144 valence electrons. The molecule has 0 aliphatic carbocycles. The van der Waals surface area contributed by atoms with Crippen molar-refractivity contribution >= 4 is 34.5 Å². The number of nitrogens with zero attached hydrogens (tertiary/aromatic N) is 3. The number of urea groups is 1. The van der Waals surface area contributed by atoms with E-state index in [1.807, 2.05) is 36.4 Å². The molecule has 3 heterocycles. The summed E-state index contributed by atoms with van der Waals surface area (Å²) in [6.45, 7) is 4.01. The van der Waals surface area contributed by atoms with Crippen LogP contribution in [0.1, 0.15) is 20.3 Å². The van der Waals surface area contributed by atoms with Crippen LogP contribution < -0.4 is 4.90 Å². The van der Waals surface area contributed by atoms with Crippen LogP contribution >= 0.6 is 0 Å². The first-order chi connectivity index (χ1) is 13.5. The van der Waals surface area contributed by atoms with Crippen LogP contribution in [0.15, 0.2) is 42.5 Å². The molecule has 0 saturated carbocycles. The first kappa shape index (κ1) is 17.0. The van der Waals surface area contributed by atoms with Gasteiger partial charge >= 0.3 is 12.1 Å². The molecule has 3 saturated heterocycles. The fourth-order valence-electron chi connectivity index (χ4n) is 4.76. The van der Waals surface area contributed by atoms with Crippen LogP contribution in [-0.4, -0.2) is 58.6 Å². The predicted molar refractivity (Wildman–Crippen MR) is 103 cm³/mol. The minimum Gasteiger partial charge on any atom is -0.447 e. The standard InChI is InChI=1S/C21H21N3O4/c1-12(2)28-21(27)22-11-14-10-17(22)18-19(25)24(20(26)23(14)18)16-9-5-7-13-6-3-4-8-15(13)16/h3-9,12,14,17-18H,10-11H2,1-2H3/t14-,17?,18-/m1/s1. The molecule has 0 aromatic heterocycles. The SMILES string of the molecule is CC(C)OC(=O)N1C[C@H]2CC1[C@@H]1C(=O)N(c3cccc4ccccc34)C(=O)N21. The van der Waals surface area contributed by atoms with Crippen LogP contribution in [0.4, 0.5) is 15.3 Å². The lowest BCUT2D eigenvalue weighted by atomic mass is 10.1. The van der Waals surface area contributed by atoms with Crippen molar-refractivity contribution < 1.29 is 19.1 Å². The molecule has 3 atom stereocenters. The number of carbonyl (C=O) groups excluding carboxylic acids is 3. The maximum Gasteiger partial charge on any atom is 0.410 e. The monoisotopic (exact) mass is 379 g/mol. The van der Waals surface area contributed by atoms with E-state index in [9.17, 15) is 14.4 Å². The van der Waals surface area contributed by atoms with Gasteiger partial charge in [0.05, 0.1) is 23.9 Å². The average molecular weight is 379 g/mol. The van der Waals surface area contributed by atoms with Crippen LogP contribution in [0.5, 0.6) is 0 Å². The van der Waals surface area contributed by atoms with Gasteiger partial charge in [0.25, 0.3) is 5.91 Å². The van der Waals surface area contributed by atoms with Gasteiger partial charge in [-0.1, -0.05) is 36.4 Å². The number of amides is 4. The molecule has 2 bridgehead atoms. The number of carbonyl (C=O) groups is 3. The molecular weight excluding hydrogens is 358 g/mol. The normalized spacial score (nSPS) is 26.0. The van der Waals surface area contributed by atoms with Gasteiger partial charge in [-0.3, -0.25) is 4.79 Å². The Bertz CT molecular complexity index is 999. The van der Waals surface area contributed by atoms with E-state index in [2.05, 4.69) is 0 Å². The highest BCUT2D eigenvalue weighted by Crippen LogP contribution is 2.43. The Morgan fingerprint density at radius 1 is 1.11 bits per heavy atom. The number of hydrogen-bond donors (Lipinski definition) is 0. The fraction of sp³-hybridized carbons (Fsp3) is 0.381. The number of fused-ring (bicyclic) bond motifs is 6. The van der Waals surface area contributed by atoms with Gasteiger partial charge in [-0.25, -0.2) is 14.5 Å². The van der Waals surface area contributed by atoms with E-state index in [4.69, 9.17) is 4.74 Å². The molecule has 3 aliphatic rings. The summed E-state index contributed by atoms with van der Waals surface area (Å²) in [5.41, 5.74) is 0.596. The minimum absolute atomic E-state index is 0.147. The van der Waals surface area contributed by atoms with Crippen LogP contribution in [0.25, 0.3) is 10.8 Å². The summed E-state index contributed by atoms with van der Waals surface area (Å²) < 4.78 is 5.33. The maximum atomic E-state index is 13.3. The van der Waals surface area contributed by atoms with Gasteiger partial charge in [0.1, 0.15) is 6.04 Å². The third-order valence-electron chi connectivity index (χ3n) is 5.84. The van der Waals surface area contributed by atoms with E-state index in [1.54, 1.807) is 29.7 Å². The van der Waals surface area contributed by atoms with E-state index in [0.717, 1.165) is 10.8 Å². The Hall–Kier alpha value is -3.09. The zero-order chi connectivity index (χ0) is 19.6. The maximum absolute atomic E-state index is 13.3. The minimum atomic E-state index is -0.634. The zero-order valence-electron chi connectivity index (χ0n) is 15.7. The van der Waals surface area contributed by atoms with Gasteiger partial charge in [0, 0.05) is 11.9 Å². The lowest BCUT2D eigenvalue weighted by Crippen LogP contribution is -2.55. The molecule has 2 aromatic carbocycles. The van der Waals surface area contributed by atoms with E-state index < -0.39 is 12.1 Å². The van der Waals surface area contributed by atoms with Crippen molar-refractivity contribution in [1.29, 1.82) is 0 Å². The Balaban J connectivity index is 1.50. The van der Waals surface area contributed by atoms with Crippen molar-refractivity contribution in [2.45, 2.75) is 44.5 Å². The van der Waals surface area contributed by atoms with Crippen LogP contribution in [0.2, 0.25) is 0 Å². The number of ether oxygens (including phenoxy) is 1. The molecule has 7 heteroatoms. The lowest BCUT2D eigenvalue weighted by Gasteiger charge is -2.34. The van der Waals surface area contributed by atoms with Crippen LogP contribution in [0.3, 0.4) is 0 Å². The van der Waals surface area contributed by atoms with E-state index >= 15 is 0 Å². The van der Waals surface area contributed by atoms with E-state index in [1.165, 1.54) is 4.90 Å². The molecule has 5 rings (SSSR count). The van der Waals surface area contributed by atoms with Gasteiger partial charge in [0.15, 0.2) is 0 Å². The summed E-state index contributed by atoms with van der Waals surface area (Å²) in [7, 11) is 0. The Kier molecular flexibility index (Phi) is 3.62. The molecule has 4 amide bonds. The Morgan fingerprint density at radius 2 is 1.86 bits per heavy atom. The summed E-state index contributed by atoms with van der Waals surface area (Å²) in [6, 6.07) is 11.9. The highest BCUT2D eigenvalue weighted by molar-refractivity contribution is 6.25. The Morgan fingerprint density at radius 3 is 2.64 bits per heavy atom. The van der Waals surface area contributed by atoms with Crippen molar-refractivity contribution in [3.8, 4) is 0 Å². The van der Waals surface area contributed by atoms with Gasteiger partial charge < -0.3 is 14.5 Å². The largest absolute Gasteiger partial charge is 0.447 e. The fourth-order valence-corrected chi connectivity index (χ4v) is 4.76. The lowest BCUT2D eigenvalue weighted by molar-refractivity contribution is -0.121. The molecule has 7 nitrogen and oxygen atoms in total. The second kappa shape index (κ2) is 5.95. The number of rotatable bonds is 2. The molecule has 3 fully saturated rings. The number of piperazine rings is 1. The molecule has 0 spiro atoms.